The van der Waals surface area contributed by atoms with Crippen molar-refractivity contribution in [3.8, 4) is 11.1 Å². The molecular weight excluding hydrogens is 410 g/mol. The fourth-order valence-electron chi connectivity index (χ4n) is 2.95. The highest BCUT2D eigenvalue weighted by molar-refractivity contribution is 8.00. The minimum Gasteiger partial charge on any atom is -0.321 e. The molecule has 1 N–H and O–H groups in total. The number of benzene rings is 3. The summed E-state index contributed by atoms with van der Waals surface area (Å²) in [5.74, 6) is 0.347. The van der Waals surface area contributed by atoms with Crippen molar-refractivity contribution in [2.75, 3.05) is 11.1 Å². The van der Waals surface area contributed by atoms with E-state index in [-0.39, 0.29) is 11.7 Å². The van der Waals surface area contributed by atoms with E-state index < -0.39 is 0 Å². The van der Waals surface area contributed by atoms with E-state index in [4.69, 9.17) is 0 Å². The smallest absolute Gasteiger partial charge is 0.265 e. The Labute approximate surface area is 183 Å². The van der Waals surface area contributed by atoms with Crippen molar-refractivity contribution in [3.05, 3.63) is 107 Å². The second-order valence-electron chi connectivity index (χ2n) is 6.61. The van der Waals surface area contributed by atoms with Gasteiger partial charge in [-0.25, -0.2) is 0 Å². The average Bonchev–Trinajstić information content (AvgIpc) is 3.34. The van der Waals surface area contributed by atoms with Crippen LogP contribution in [0.2, 0.25) is 0 Å². The molecule has 0 unspecified atom stereocenters. The summed E-state index contributed by atoms with van der Waals surface area (Å²) in [5.41, 5.74) is 3.68. The number of hydrogen-bond acceptors (Lipinski definition) is 4. The first-order valence-electron chi connectivity index (χ1n) is 9.45. The predicted molar refractivity (Wildman–Crippen MR) is 126 cm³/mol. The van der Waals surface area contributed by atoms with E-state index in [0.717, 1.165) is 21.7 Å². The van der Waals surface area contributed by atoms with E-state index in [1.807, 2.05) is 78.2 Å². The van der Waals surface area contributed by atoms with Gasteiger partial charge in [-0.2, -0.15) is 0 Å². The van der Waals surface area contributed by atoms with E-state index in [0.29, 0.717) is 16.2 Å². The first-order valence-corrected chi connectivity index (χ1v) is 11.3. The number of carbonyl (C=O) groups is 2. The number of amides is 1. The Hall–Kier alpha value is -3.15. The van der Waals surface area contributed by atoms with Gasteiger partial charge in [0.15, 0.2) is 5.78 Å². The fourth-order valence-corrected chi connectivity index (χ4v) is 4.36. The van der Waals surface area contributed by atoms with Crippen LogP contribution in [-0.2, 0) is 0 Å². The third kappa shape index (κ3) is 5.06. The number of Topliss-reactive ketones (excluding diaryl/α,β-unsaturated/α-hetero) is 1. The molecular formula is C25H19NO2S2. The highest BCUT2D eigenvalue weighted by Crippen LogP contribution is 2.24. The number of thioether (sulfide) groups is 1. The Morgan fingerprint density at radius 3 is 2.13 bits per heavy atom. The lowest BCUT2D eigenvalue weighted by Gasteiger charge is -2.06. The topological polar surface area (TPSA) is 46.2 Å². The molecule has 0 fully saturated rings. The van der Waals surface area contributed by atoms with Gasteiger partial charge in [-0.3, -0.25) is 9.59 Å². The van der Waals surface area contributed by atoms with Crippen LogP contribution in [0.5, 0.6) is 0 Å². The van der Waals surface area contributed by atoms with Crippen LogP contribution in [-0.4, -0.2) is 17.4 Å². The molecule has 0 saturated heterocycles. The molecule has 0 saturated carbocycles. The molecule has 1 aromatic heterocycles. The van der Waals surface area contributed by atoms with Gasteiger partial charge in [0.1, 0.15) is 0 Å². The molecule has 3 nitrogen and oxygen atoms in total. The van der Waals surface area contributed by atoms with Crippen LogP contribution in [0, 0.1) is 0 Å². The number of ketones is 1. The number of anilines is 1. The number of carbonyl (C=O) groups excluding carboxylic acids is 2. The van der Waals surface area contributed by atoms with Crippen molar-refractivity contribution in [1.82, 2.24) is 0 Å². The number of rotatable bonds is 7. The summed E-state index contributed by atoms with van der Waals surface area (Å²) >= 11 is 2.90. The molecule has 4 rings (SSSR count). The van der Waals surface area contributed by atoms with Gasteiger partial charge in [-0.1, -0.05) is 60.7 Å². The lowest BCUT2D eigenvalue weighted by Crippen LogP contribution is -2.09. The molecule has 0 aliphatic heterocycles. The molecule has 0 bridgehead atoms. The number of hydrogen-bond donors (Lipinski definition) is 1. The van der Waals surface area contributed by atoms with Crippen molar-refractivity contribution in [2.45, 2.75) is 4.90 Å². The van der Waals surface area contributed by atoms with E-state index in [2.05, 4.69) is 17.4 Å². The maximum Gasteiger partial charge on any atom is 0.265 e. The molecule has 4 aromatic rings. The van der Waals surface area contributed by atoms with Gasteiger partial charge >= 0.3 is 0 Å². The monoisotopic (exact) mass is 429 g/mol. The molecule has 0 aliphatic carbocycles. The van der Waals surface area contributed by atoms with Crippen LogP contribution in [0.25, 0.3) is 11.1 Å². The normalized spacial score (nSPS) is 10.5. The molecule has 0 spiro atoms. The van der Waals surface area contributed by atoms with Crippen LogP contribution in [0.15, 0.2) is 101 Å². The Kier molecular flexibility index (Phi) is 6.42. The van der Waals surface area contributed by atoms with Crippen LogP contribution in [0.4, 0.5) is 5.69 Å². The Balaban J connectivity index is 1.32. The number of nitrogens with one attached hydrogen (secondary N) is 1. The first-order chi connectivity index (χ1) is 14.7. The first kappa shape index (κ1) is 20.1. The van der Waals surface area contributed by atoms with E-state index in [1.165, 1.54) is 23.1 Å². The van der Waals surface area contributed by atoms with E-state index >= 15 is 0 Å². The van der Waals surface area contributed by atoms with Crippen molar-refractivity contribution in [3.63, 3.8) is 0 Å². The second-order valence-corrected chi connectivity index (χ2v) is 8.61. The van der Waals surface area contributed by atoms with Crippen LogP contribution in [0.1, 0.15) is 20.0 Å². The zero-order chi connectivity index (χ0) is 20.8. The van der Waals surface area contributed by atoms with Gasteiger partial charge in [-0.05, 0) is 46.8 Å². The lowest BCUT2D eigenvalue weighted by molar-refractivity contribution is 0.101. The van der Waals surface area contributed by atoms with Gasteiger partial charge in [-0.15, -0.1) is 23.1 Å². The SMILES string of the molecule is O=C(CSc1ccc(NC(=O)c2cccs2)cc1)c1ccc(-c2ccccc2)cc1. The highest BCUT2D eigenvalue weighted by Gasteiger charge is 2.09. The molecule has 1 heterocycles. The van der Waals surface area contributed by atoms with Gasteiger partial charge in [0.2, 0.25) is 0 Å². The molecule has 1 amide bonds. The molecule has 0 atom stereocenters. The van der Waals surface area contributed by atoms with Gasteiger partial charge in [0, 0.05) is 16.1 Å². The zero-order valence-corrected chi connectivity index (χ0v) is 17.7. The summed E-state index contributed by atoms with van der Waals surface area (Å²) in [6, 6.07) is 29.0. The highest BCUT2D eigenvalue weighted by atomic mass is 32.2. The lowest BCUT2D eigenvalue weighted by atomic mass is 10.0. The summed E-state index contributed by atoms with van der Waals surface area (Å²) in [6.45, 7) is 0. The number of thiophene rings is 1. The fraction of sp³-hybridized carbons (Fsp3) is 0.0400. The third-order valence-corrected chi connectivity index (χ3v) is 6.42. The Morgan fingerprint density at radius 2 is 1.47 bits per heavy atom. The summed E-state index contributed by atoms with van der Waals surface area (Å²) in [5, 5.41) is 4.75. The molecule has 30 heavy (non-hydrogen) atoms. The zero-order valence-electron chi connectivity index (χ0n) is 16.1. The maximum atomic E-state index is 12.5. The summed E-state index contributed by atoms with van der Waals surface area (Å²) in [7, 11) is 0. The second kappa shape index (κ2) is 9.57. The van der Waals surface area contributed by atoms with Crippen LogP contribution >= 0.6 is 23.1 Å². The molecule has 3 aromatic carbocycles. The van der Waals surface area contributed by atoms with E-state index in [1.54, 1.807) is 6.07 Å². The van der Waals surface area contributed by atoms with Crippen molar-refractivity contribution in [1.29, 1.82) is 0 Å². The molecule has 148 valence electrons. The standard InChI is InChI=1S/C25H19NO2S2/c27-23(20-10-8-19(9-11-20)18-5-2-1-3-6-18)17-30-22-14-12-21(13-15-22)26-25(28)24-7-4-16-29-24/h1-16H,17H2,(H,26,28). The quantitative estimate of drug-likeness (QED) is 0.264. The maximum absolute atomic E-state index is 12.5. The van der Waals surface area contributed by atoms with Crippen molar-refractivity contribution < 1.29 is 9.59 Å². The average molecular weight is 430 g/mol. The summed E-state index contributed by atoms with van der Waals surface area (Å²) < 4.78 is 0. The van der Waals surface area contributed by atoms with Crippen LogP contribution < -0.4 is 5.32 Å². The van der Waals surface area contributed by atoms with Crippen LogP contribution in [0.3, 0.4) is 0 Å². The largest absolute Gasteiger partial charge is 0.321 e. The molecule has 5 heteroatoms. The molecule has 0 aliphatic rings. The van der Waals surface area contributed by atoms with Crippen molar-refractivity contribution in [2.24, 2.45) is 0 Å². The molecule has 0 radical (unpaired) electrons. The Bertz CT molecular complexity index is 1120. The minimum absolute atomic E-state index is 0.0923. The third-order valence-electron chi connectivity index (χ3n) is 4.54. The van der Waals surface area contributed by atoms with Gasteiger partial charge in [0.25, 0.3) is 5.91 Å². The summed E-state index contributed by atoms with van der Waals surface area (Å²) in [6.07, 6.45) is 0. The summed E-state index contributed by atoms with van der Waals surface area (Å²) in [4.78, 5) is 26.3. The van der Waals surface area contributed by atoms with Crippen molar-refractivity contribution >= 4 is 40.5 Å². The Morgan fingerprint density at radius 1 is 0.767 bits per heavy atom. The van der Waals surface area contributed by atoms with Gasteiger partial charge in [0.05, 0.1) is 10.6 Å². The van der Waals surface area contributed by atoms with Gasteiger partial charge < -0.3 is 5.32 Å². The minimum atomic E-state index is -0.112. The predicted octanol–water partition coefficient (Wildman–Crippen LogP) is 6.64. The van der Waals surface area contributed by atoms with E-state index in [9.17, 15) is 9.59 Å².